The molecule has 1 aromatic carbocycles. The van der Waals surface area contributed by atoms with Crippen LogP contribution in [0.4, 0.5) is 10.1 Å². The van der Waals surface area contributed by atoms with Crippen molar-refractivity contribution in [2.45, 2.75) is 32.2 Å². The fourth-order valence-electron chi connectivity index (χ4n) is 2.79. The Bertz CT molecular complexity index is 442. The Kier molecular flexibility index (Phi) is 3.28. The largest absolute Gasteiger partial charge is 0.481 e. The van der Waals surface area contributed by atoms with E-state index in [9.17, 15) is 9.18 Å². The second kappa shape index (κ2) is 4.59. The number of rotatable bonds is 3. The molecule has 18 heavy (non-hydrogen) atoms. The van der Waals surface area contributed by atoms with Gasteiger partial charge < -0.3 is 10.0 Å². The van der Waals surface area contributed by atoms with E-state index in [1.165, 1.54) is 12.1 Å². The van der Waals surface area contributed by atoms with Gasteiger partial charge in [-0.25, -0.2) is 4.39 Å². The highest BCUT2D eigenvalue weighted by Gasteiger charge is 2.42. The molecule has 4 heteroatoms. The van der Waals surface area contributed by atoms with Gasteiger partial charge in [-0.2, -0.15) is 0 Å². The van der Waals surface area contributed by atoms with Crippen LogP contribution >= 0.6 is 0 Å². The number of carbonyl (C=O) groups is 1. The van der Waals surface area contributed by atoms with Crippen LogP contribution in [-0.2, 0) is 4.79 Å². The van der Waals surface area contributed by atoms with Crippen LogP contribution in [0.3, 0.4) is 0 Å². The van der Waals surface area contributed by atoms with Gasteiger partial charge in [-0.3, -0.25) is 4.79 Å². The lowest BCUT2D eigenvalue weighted by molar-refractivity contribution is -0.138. The first kappa shape index (κ1) is 12.9. The first-order valence-corrected chi connectivity index (χ1v) is 6.16. The predicted molar refractivity (Wildman–Crippen MR) is 68.2 cm³/mol. The maximum Gasteiger partial charge on any atom is 0.303 e. The molecule has 0 bridgehead atoms. The number of anilines is 1. The molecule has 1 unspecified atom stereocenters. The van der Waals surface area contributed by atoms with Gasteiger partial charge in [0, 0.05) is 17.8 Å². The lowest BCUT2D eigenvalue weighted by Gasteiger charge is -2.37. The smallest absolute Gasteiger partial charge is 0.303 e. The van der Waals surface area contributed by atoms with Crippen molar-refractivity contribution < 1.29 is 14.3 Å². The molecule has 0 saturated carbocycles. The van der Waals surface area contributed by atoms with Gasteiger partial charge in [0.1, 0.15) is 5.82 Å². The number of aliphatic carboxylic acids is 1. The molecule has 98 valence electrons. The summed E-state index contributed by atoms with van der Waals surface area (Å²) >= 11 is 0. The molecule has 2 rings (SSSR count). The topological polar surface area (TPSA) is 40.5 Å². The number of hydrogen-bond donors (Lipinski definition) is 1. The summed E-state index contributed by atoms with van der Waals surface area (Å²) in [6, 6.07) is 6.38. The van der Waals surface area contributed by atoms with Crippen molar-refractivity contribution >= 4 is 11.7 Å². The van der Waals surface area contributed by atoms with Crippen molar-refractivity contribution in [2.75, 3.05) is 11.4 Å². The third-order valence-corrected chi connectivity index (χ3v) is 3.96. The lowest BCUT2D eigenvalue weighted by atomic mass is 9.85. The van der Waals surface area contributed by atoms with Gasteiger partial charge in [-0.05, 0) is 50.5 Å². The Labute approximate surface area is 106 Å². The normalized spacial score (nSPS) is 22.2. The summed E-state index contributed by atoms with van der Waals surface area (Å²) < 4.78 is 12.9. The van der Waals surface area contributed by atoms with E-state index < -0.39 is 5.97 Å². The Balaban J connectivity index is 2.20. The van der Waals surface area contributed by atoms with E-state index in [1.807, 2.05) is 0 Å². The molecule has 0 spiro atoms. The Hall–Kier alpha value is -1.58. The molecule has 0 radical (unpaired) electrons. The lowest BCUT2D eigenvalue weighted by Crippen LogP contribution is -2.43. The van der Waals surface area contributed by atoms with Crippen LogP contribution in [-0.4, -0.2) is 23.2 Å². The summed E-state index contributed by atoms with van der Waals surface area (Å²) in [5, 5.41) is 8.93. The molecule has 1 heterocycles. The zero-order valence-corrected chi connectivity index (χ0v) is 10.7. The fraction of sp³-hybridized carbons (Fsp3) is 0.500. The number of halogens is 1. The first-order chi connectivity index (χ1) is 8.41. The highest BCUT2D eigenvalue weighted by molar-refractivity contribution is 5.68. The standard InChI is InChI=1S/C14H18FNO2/c1-14(2)10(9-13(17)18)7-8-16(14)12-5-3-11(15)4-6-12/h3-6,10H,7-9H2,1-2H3,(H,17,18). The van der Waals surface area contributed by atoms with Crippen molar-refractivity contribution in [3.05, 3.63) is 30.1 Å². The van der Waals surface area contributed by atoms with Crippen LogP contribution in [0.1, 0.15) is 26.7 Å². The minimum absolute atomic E-state index is 0.125. The number of carboxylic acid groups (broad SMARTS) is 1. The van der Waals surface area contributed by atoms with E-state index in [4.69, 9.17) is 5.11 Å². The highest BCUT2D eigenvalue weighted by Crippen LogP contribution is 2.39. The van der Waals surface area contributed by atoms with Crippen molar-refractivity contribution in [3.63, 3.8) is 0 Å². The SMILES string of the molecule is CC1(C)C(CC(=O)O)CCN1c1ccc(F)cc1. The van der Waals surface area contributed by atoms with Crippen molar-refractivity contribution in [1.82, 2.24) is 0 Å². The molecule has 0 aliphatic carbocycles. The number of benzene rings is 1. The molecule has 1 fully saturated rings. The average Bonchev–Trinajstić information content (AvgIpc) is 2.56. The van der Waals surface area contributed by atoms with Gasteiger partial charge in [0.15, 0.2) is 0 Å². The highest BCUT2D eigenvalue weighted by atomic mass is 19.1. The number of carboxylic acids is 1. The summed E-state index contributed by atoms with van der Waals surface area (Å²) in [5.41, 5.74) is 0.741. The van der Waals surface area contributed by atoms with Gasteiger partial charge >= 0.3 is 5.97 Å². The number of hydrogen-bond acceptors (Lipinski definition) is 2. The molecule has 1 saturated heterocycles. The second-order valence-corrected chi connectivity index (χ2v) is 5.37. The van der Waals surface area contributed by atoms with E-state index in [0.717, 1.165) is 18.7 Å². The maximum absolute atomic E-state index is 12.9. The Morgan fingerprint density at radius 2 is 2.06 bits per heavy atom. The third kappa shape index (κ3) is 2.33. The van der Waals surface area contributed by atoms with Crippen LogP contribution in [0, 0.1) is 11.7 Å². The Morgan fingerprint density at radius 3 is 2.61 bits per heavy atom. The summed E-state index contributed by atoms with van der Waals surface area (Å²) in [5.74, 6) is -0.882. The predicted octanol–water partition coefficient (Wildman–Crippen LogP) is 2.91. The molecular weight excluding hydrogens is 233 g/mol. The molecule has 1 atom stereocenters. The quantitative estimate of drug-likeness (QED) is 0.898. The average molecular weight is 251 g/mol. The molecule has 1 aliphatic rings. The molecule has 1 N–H and O–H groups in total. The molecule has 3 nitrogen and oxygen atoms in total. The molecule has 1 aromatic rings. The van der Waals surface area contributed by atoms with Crippen LogP contribution < -0.4 is 4.90 Å². The van der Waals surface area contributed by atoms with Crippen molar-refractivity contribution in [1.29, 1.82) is 0 Å². The zero-order valence-electron chi connectivity index (χ0n) is 10.7. The number of nitrogens with zero attached hydrogens (tertiary/aromatic N) is 1. The Morgan fingerprint density at radius 1 is 1.44 bits per heavy atom. The molecule has 0 amide bonds. The summed E-state index contributed by atoms with van der Waals surface area (Å²) in [6.07, 6.45) is 1.04. The molecule has 0 aromatic heterocycles. The monoisotopic (exact) mass is 251 g/mol. The molecular formula is C14H18FNO2. The van der Waals surface area contributed by atoms with E-state index in [2.05, 4.69) is 18.7 Å². The fourth-order valence-corrected chi connectivity index (χ4v) is 2.79. The van der Waals surface area contributed by atoms with E-state index in [-0.39, 0.29) is 23.7 Å². The van der Waals surface area contributed by atoms with Crippen LogP contribution in [0.25, 0.3) is 0 Å². The van der Waals surface area contributed by atoms with E-state index >= 15 is 0 Å². The van der Waals surface area contributed by atoms with Gasteiger partial charge in [0.05, 0.1) is 6.42 Å². The second-order valence-electron chi connectivity index (χ2n) is 5.37. The minimum Gasteiger partial charge on any atom is -0.481 e. The van der Waals surface area contributed by atoms with Crippen LogP contribution in [0.2, 0.25) is 0 Å². The van der Waals surface area contributed by atoms with Gasteiger partial charge in [-0.1, -0.05) is 0 Å². The zero-order chi connectivity index (χ0) is 13.3. The van der Waals surface area contributed by atoms with Gasteiger partial charge in [0.25, 0.3) is 0 Å². The maximum atomic E-state index is 12.9. The van der Waals surface area contributed by atoms with Crippen LogP contribution in [0.15, 0.2) is 24.3 Å². The van der Waals surface area contributed by atoms with Crippen LogP contribution in [0.5, 0.6) is 0 Å². The summed E-state index contributed by atoms with van der Waals surface area (Å²) in [7, 11) is 0. The van der Waals surface area contributed by atoms with Gasteiger partial charge in [0.2, 0.25) is 0 Å². The van der Waals surface area contributed by atoms with Crippen molar-refractivity contribution in [3.8, 4) is 0 Å². The van der Waals surface area contributed by atoms with Crippen molar-refractivity contribution in [2.24, 2.45) is 5.92 Å². The van der Waals surface area contributed by atoms with E-state index in [0.29, 0.717) is 0 Å². The molecule has 1 aliphatic heterocycles. The minimum atomic E-state index is -0.756. The summed E-state index contributed by atoms with van der Waals surface area (Å²) in [6.45, 7) is 4.92. The summed E-state index contributed by atoms with van der Waals surface area (Å²) in [4.78, 5) is 13.0. The van der Waals surface area contributed by atoms with Gasteiger partial charge in [-0.15, -0.1) is 0 Å². The first-order valence-electron chi connectivity index (χ1n) is 6.16. The van der Waals surface area contributed by atoms with E-state index in [1.54, 1.807) is 12.1 Å². The third-order valence-electron chi connectivity index (χ3n) is 3.96.